The van der Waals surface area contributed by atoms with Crippen LogP contribution < -0.4 is 11.3 Å². The standard InChI is InChI=1S/C13H17BrN4/c1-9-12(8-16-18(9)2)13(17-15)7-10-4-3-5-11(14)6-10/h3-6,8,13,17H,7,15H2,1-2H3. The number of hydrogen-bond acceptors (Lipinski definition) is 3. The molecule has 0 amide bonds. The normalized spacial score (nSPS) is 12.7. The van der Waals surface area contributed by atoms with Crippen molar-refractivity contribution in [2.24, 2.45) is 12.9 Å². The summed E-state index contributed by atoms with van der Waals surface area (Å²) in [6.07, 6.45) is 2.71. The molecule has 0 saturated carbocycles. The number of nitrogens with two attached hydrogens (primary N) is 1. The molecule has 0 bridgehead atoms. The molecule has 0 fully saturated rings. The van der Waals surface area contributed by atoms with Crippen molar-refractivity contribution in [3.63, 3.8) is 0 Å². The van der Waals surface area contributed by atoms with Crippen LogP contribution in [-0.2, 0) is 13.5 Å². The molecule has 0 aliphatic heterocycles. The second-order valence-electron chi connectivity index (χ2n) is 4.36. The fourth-order valence-electron chi connectivity index (χ4n) is 2.02. The molecule has 5 heteroatoms. The highest BCUT2D eigenvalue weighted by molar-refractivity contribution is 9.10. The third kappa shape index (κ3) is 2.80. The van der Waals surface area contributed by atoms with Crippen LogP contribution in [-0.4, -0.2) is 9.78 Å². The molecule has 1 aromatic carbocycles. The maximum Gasteiger partial charge on any atom is 0.0540 e. The van der Waals surface area contributed by atoms with Crippen LogP contribution in [0.4, 0.5) is 0 Å². The monoisotopic (exact) mass is 308 g/mol. The summed E-state index contributed by atoms with van der Waals surface area (Å²) in [6.45, 7) is 2.05. The second-order valence-corrected chi connectivity index (χ2v) is 5.28. The van der Waals surface area contributed by atoms with E-state index in [0.717, 1.165) is 22.2 Å². The lowest BCUT2D eigenvalue weighted by Crippen LogP contribution is -2.29. The van der Waals surface area contributed by atoms with Crippen molar-refractivity contribution < 1.29 is 0 Å². The number of hydrogen-bond donors (Lipinski definition) is 2. The molecular formula is C13H17BrN4. The van der Waals surface area contributed by atoms with Crippen LogP contribution in [0.2, 0.25) is 0 Å². The van der Waals surface area contributed by atoms with Crippen molar-refractivity contribution >= 4 is 15.9 Å². The molecule has 0 spiro atoms. The van der Waals surface area contributed by atoms with Gasteiger partial charge < -0.3 is 0 Å². The van der Waals surface area contributed by atoms with Gasteiger partial charge in [0, 0.05) is 22.8 Å². The Kier molecular flexibility index (Phi) is 4.16. The average Bonchev–Trinajstić information content (AvgIpc) is 2.67. The Hall–Kier alpha value is -1.17. The van der Waals surface area contributed by atoms with Gasteiger partial charge in [0.15, 0.2) is 0 Å². The van der Waals surface area contributed by atoms with E-state index < -0.39 is 0 Å². The zero-order valence-corrected chi connectivity index (χ0v) is 12.1. The van der Waals surface area contributed by atoms with Crippen molar-refractivity contribution in [2.75, 3.05) is 0 Å². The molecule has 1 atom stereocenters. The van der Waals surface area contributed by atoms with E-state index in [2.05, 4.69) is 38.6 Å². The third-order valence-corrected chi connectivity index (χ3v) is 3.67. The van der Waals surface area contributed by atoms with Gasteiger partial charge in [-0.15, -0.1) is 0 Å². The Morgan fingerprint density at radius 1 is 1.50 bits per heavy atom. The molecule has 0 aliphatic rings. The van der Waals surface area contributed by atoms with Crippen LogP contribution in [0.3, 0.4) is 0 Å². The number of hydrazine groups is 1. The van der Waals surface area contributed by atoms with E-state index in [0.29, 0.717) is 0 Å². The molecule has 0 saturated heterocycles. The van der Waals surface area contributed by atoms with Gasteiger partial charge in [-0.1, -0.05) is 28.1 Å². The smallest absolute Gasteiger partial charge is 0.0540 e. The van der Waals surface area contributed by atoms with Crippen LogP contribution in [0, 0.1) is 6.92 Å². The molecule has 0 aliphatic carbocycles. The highest BCUT2D eigenvalue weighted by atomic mass is 79.9. The van der Waals surface area contributed by atoms with Gasteiger partial charge in [-0.2, -0.15) is 5.10 Å². The molecule has 4 nitrogen and oxygen atoms in total. The quantitative estimate of drug-likeness (QED) is 0.673. The summed E-state index contributed by atoms with van der Waals surface area (Å²) in [5.74, 6) is 5.67. The number of nitrogens with one attached hydrogen (secondary N) is 1. The maximum absolute atomic E-state index is 5.67. The fraction of sp³-hybridized carbons (Fsp3) is 0.308. The van der Waals surface area contributed by atoms with Crippen LogP contribution in [0.25, 0.3) is 0 Å². The van der Waals surface area contributed by atoms with E-state index in [4.69, 9.17) is 5.84 Å². The first-order valence-corrected chi connectivity index (χ1v) is 6.60. The van der Waals surface area contributed by atoms with Crippen molar-refractivity contribution in [3.8, 4) is 0 Å². The van der Waals surface area contributed by atoms with Gasteiger partial charge in [-0.05, 0) is 31.0 Å². The van der Waals surface area contributed by atoms with Crippen LogP contribution in [0.1, 0.15) is 22.9 Å². The fourth-order valence-corrected chi connectivity index (χ4v) is 2.46. The van der Waals surface area contributed by atoms with Crippen LogP contribution in [0.15, 0.2) is 34.9 Å². The topological polar surface area (TPSA) is 55.9 Å². The predicted octanol–water partition coefficient (Wildman–Crippen LogP) is 2.24. The third-order valence-electron chi connectivity index (χ3n) is 3.18. The van der Waals surface area contributed by atoms with Gasteiger partial charge >= 0.3 is 0 Å². The van der Waals surface area contributed by atoms with Crippen LogP contribution >= 0.6 is 15.9 Å². The minimum atomic E-state index is 0.0769. The highest BCUT2D eigenvalue weighted by Crippen LogP contribution is 2.22. The first-order chi connectivity index (χ1) is 8.61. The van der Waals surface area contributed by atoms with Gasteiger partial charge in [-0.25, -0.2) is 0 Å². The van der Waals surface area contributed by atoms with Gasteiger partial charge in [0.05, 0.1) is 12.2 Å². The van der Waals surface area contributed by atoms with Gasteiger partial charge in [0.1, 0.15) is 0 Å². The zero-order chi connectivity index (χ0) is 13.1. The number of halogens is 1. The molecule has 1 aromatic heterocycles. The summed E-state index contributed by atoms with van der Waals surface area (Å²) in [6, 6.07) is 8.33. The summed E-state index contributed by atoms with van der Waals surface area (Å²) in [4.78, 5) is 0. The lowest BCUT2D eigenvalue weighted by molar-refractivity contribution is 0.548. The first-order valence-electron chi connectivity index (χ1n) is 5.81. The predicted molar refractivity (Wildman–Crippen MR) is 75.9 cm³/mol. The van der Waals surface area contributed by atoms with Crippen molar-refractivity contribution in [3.05, 3.63) is 51.8 Å². The summed E-state index contributed by atoms with van der Waals surface area (Å²) >= 11 is 3.48. The minimum absolute atomic E-state index is 0.0769. The van der Waals surface area contributed by atoms with Gasteiger partial charge in [0.25, 0.3) is 0 Å². The highest BCUT2D eigenvalue weighted by Gasteiger charge is 2.15. The SMILES string of the molecule is Cc1c(C(Cc2cccc(Br)c2)NN)cnn1C. The summed E-state index contributed by atoms with van der Waals surface area (Å²) in [7, 11) is 1.94. The van der Waals surface area contributed by atoms with E-state index in [1.807, 2.05) is 37.0 Å². The Morgan fingerprint density at radius 3 is 2.83 bits per heavy atom. The van der Waals surface area contributed by atoms with E-state index >= 15 is 0 Å². The van der Waals surface area contributed by atoms with Gasteiger partial charge in [-0.3, -0.25) is 16.0 Å². The molecule has 3 N–H and O–H groups in total. The molecule has 2 rings (SSSR count). The number of rotatable bonds is 4. The lowest BCUT2D eigenvalue weighted by Gasteiger charge is -2.16. The Labute approximate surface area is 115 Å². The number of nitrogens with zero attached hydrogens (tertiary/aromatic N) is 2. The Morgan fingerprint density at radius 2 is 2.28 bits per heavy atom. The summed E-state index contributed by atoms with van der Waals surface area (Å²) in [5.41, 5.74) is 6.38. The number of benzene rings is 1. The second kappa shape index (κ2) is 5.65. The van der Waals surface area contributed by atoms with E-state index in [1.54, 1.807) is 0 Å². The molecule has 2 aromatic rings. The maximum atomic E-state index is 5.67. The van der Waals surface area contributed by atoms with Crippen molar-refractivity contribution in [2.45, 2.75) is 19.4 Å². The number of aryl methyl sites for hydroxylation is 1. The summed E-state index contributed by atoms with van der Waals surface area (Å²) in [5, 5.41) is 4.26. The molecule has 18 heavy (non-hydrogen) atoms. The van der Waals surface area contributed by atoms with E-state index in [1.165, 1.54) is 5.56 Å². The first kappa shape index (κ1) is 13.3. The molecule has 96 valence electrons. The van der Waals surface area contributed by atoms with Crippen molar-refractivity contribution in [1.82, 2.24) is 15.2 Å². The minimum Gasteiger partial charge on any atom is -0.273 e. The van der Waals surface area contributed by atoms with Crippen molar-refractivity contribution in [1.29, 1.82) is 0 Å². The molecule has 0 radical (unpaired) electrons. The molecule has 1 unspecified atom stereocenters. The van der Waals surface area contributed by atoms with Crippen LogP contribution in [0.5, 0.6) is 0 Å². The Bertz CT molecular complexity index is 536. The zero-order valence-electron chi connectivity index (χ0n) is 10.5. The number of aromatic nitrogens is 2. The lowest BCUT2D eigenvalue weighted by atomic mass is 10.0. The molecular weight excluding hydrogens is 292 g/mol. The van der Waals surface area contributed by atoms with E-state index in [9.17, 15) is 0 Å². The van der Waals surface area contributed by atoms with E-state index in [-0.39, 0.29) is 6.04 Å². The van der Waals surface area contributed by atoms with Gasteiger partial charge in [0.2, 0.25) is 0 Å². The largest absolute Gasteiger partial charge is 0.273 e. The molecule has 1 heterocycles. The summed E-state index contributed by atoms with van der Waals surface area (Å²) < 4.78 is 2.94. The Balaban J connectivity index is 2.22. The average molecular weight is 309 g/mol.